The molecular formula is C16H17N3O5. The number of fused-ring (bicyclic) bond motifs is 1. The van der Waals surface area contributed by atoms with Crippen molar-refractivity contribution in [1.82, 2.24) is 9.78 Å². The molecule has 2 aromatic rings. The van der Waals surface area contributed by atoms with Crippen LogP contribution in [0, 0.1) is 0 Å². The maximum Gasteiger partial charge on any atom is 0.305 e. The van der Waals surface area contributed by atoms with Gasteiger partial charge in [0.25, 0.3) is 5.91 Å². The summed E-state index contributed by atoms with van der Waals surface area (Å²) in [5, 5.41) is 6.97. The van der Waals surface area contributed by atoms with Crippen molar-refractivity contribution in [1.29, 1.82) is 0 Å². The second-order valence-corrected chi connectivity index (χ2v) is 5.17. The molecule has 1 amide bonds. The Morgan fingerprint density at radius 1 is 1.29 bits per heavy atom. The molecule has 3 rings (SSSR count). The van der Waals surface area contributed by atoms with Crippen LogP contribution in [-0.2, 0) is 16.1 Å². The minimum Gasteiger partial charge on any atom is -0.469 e. The van der Waals surface area contributed by atoms with Gasteiger partial charge in [-0.1, -0.05) is 0 Å². The van der Waals surface area contributed by atoms with Gasteiger partial charge in [-0.3, -0.25) is 14.3 Å². The van der Waals surface area contributed by atoms with E-state index in [9.17, 15) is 9.59 Å². The third kappa shape index (κ3) is 3.65. The van der Waals surface area contributed by atoms with Crippen LogP contribution in [0.5, 0.6) is 11.5 Å². The largest absolute Gasteiger partial charge is 0.469 e. The van der Waals surface area contributed by atoms with Crippen LogP contribution in [0.3, 0.4) is 0 Å². The molecular weight excluding hydrogens is 314 g/mol. The number of amides is 1. The van der Waals surface area contributed by atoms with E-state index in [1.807, 2.05) is 0 Å². The van der Waals surface area contributed by atoms with Crippen molar-refractivity contribution in [3.63, 3.8) is 0 Å². The summed E-state index contributed by atoms with van der Waals surface area (Å²) in [5.74, 6) is 1.08. The van der Waals surface area contributed by atoms with Gasteiger partial charge in [0, 0.05) is 30.8 Å². The average molecular weight is 331 g/mol. The summed E-state index contributed by atoms with van der Waals surface area (Å²) in [7, 11) is 1.36. The summed E-state index contributed by atoms with van der Waals surface area (Å²) in [6.45, 7) is 0.728. The van der Waals surface area contributed by atoms with E-state index >= 15 is 0 Å². The number of aryl methyl sites for hydroxylation is 1. The summed E-state index contributed by atoms with van der Waals surface area (Å²) < 4.78 is 16.7. The first kappa shape index (κ1) is 15.9. The lowest BCUT2D eigenvalue weighted by Crippen LogP contribution is -2.13. The summed E-state index contributed by atoms with van der Waals surface area (Å²) >= 11 is 0. The topological polar surface area (TPSA) is 91.7 Å². The van der Waals surface area contributed by atoms with Crippen LogP contribution >= 0.6 is 0 Å². The number of methoxy groups -OCH3 is 1. The minimum absolute atomic E-state index is 0.163. The first-order chi connectivity index (χ1) is 11.7. The van der Waals surface area contributed by atoms with Crippen molar-refractivity contribution < 1.29 is 23.8 Å². The monoisotopic (exact) mass is 331 g/mol. The third-order valence-electron chi connectivity index (χ3n) is 3.51. The molecule has 2 heterocycles. The van der Waals surface area contributed by atoms with Gasteiger partial charge in [0.15, 0.2) is 17.3 Å². The summed E-state index contributed by atoms with van der Waals surface area (Å²) in [4.78, 5) is 23.3. The molecule has 1 aliphatic heterocycles. The molecule has 8 nitrogen and oxygen atoms in total. The van der Waals surface area contributed by atoms with Crippen LogP contribution < -0.4 is 14.8 Å². The Labute approximate surface area is 138 Å². The zero-order valence-electron chi connectivity index (χ0n) is 13.2. The van der Waals surface area contributed by atoms with E-state index in [-0.39, 0.29) is 18.7 Å². The number of hydrogen-bond donors (Lipinski definition) is 1. The van der Waals surface area contributed by atoms with E-state index in [0.717, 1.165) is 0 Å². The second-order valence-electron chi connectivity index (χ2n) is 5.17. The maximum absolute atomic E-state index is 12.2. The summed E-state index contributed by atoms with van der Waals surface area (Å²) in [6, 6.07) is 6.69. The Morgan fingerprint density at radius 2 is 2.12 bits per heavy atom. The molecule has 0 radical (unpaired) electrons. The fraction of sp³-hybridized carbons (Fsp3) is 0.312. The van der Waals surface area contributed by atoms with E-state index in [4.69, 9.17) is 9.47 Å². The van der Waals surface area contributed by atoms with Gasteiger partial charge in [-0.2, -0.15) is 5.10 Å². The van der Waals surface area contributed by atoms with E-state index in [1.54, 1.807) is 35.1 Å². The molecule has 0 unspecified atom stereocenters. The summed E-state index contributed by atoms with van der Waals surface area (Å²) in [6.07, 6.45) is 2.69. The lowest BCUT2D eigenvalue weighted by atomic mass is 10.2. The van der Waals surface area contributed by atoms with Crippen LogP contribution in [0.15, 0.2) is 30.5 Å². The molecule has 8 heteroatoms. The number of anilines is 1. The van der Waals surface area contributed by atoms with Crippen molar-refractivity contribution in [3.8, 4) is 11.5 Å². The van der Waals surface area contributed by atoms with Crippen molar-refractivity contribution in [3.05, 3.63) is 36.0 Å². The van der Waals surface area contributed by atoms with Gasteiger partial charge in [0.05, 0.1) is 7.11 Å². The Hall–Kier alpha value is -3.03. The van der Waals surface area contributed by atoms with Crippen molar-refractivity contribution in [2.45, 2.75) is 19.4 Å². The first-order valence-electron chi connectivity index (χ1n) is 7.47. The summed E-state index contributed by atoms with van der Waals surface area (Å²) in [5.41, 5.74) is 0.458. The van der Waals surface area contributed by atoms with Gasteiger partial charge in [-0.05, 0) is 24.6 Å². The van der Waals surface area contributed by atoms with Crippen LogP contribution in [0.2, 0.25) is 0 Å². The standard InChI is InChI=1S/C16H17N3O5/c1-22-15(20)3-2-7-19-8-6-14(18-19)17-16(21)11-4-5-12-13(9-11)24-10-23-12/h4-6,8-9H,2-3,7,10H2,1H3,(H,17,18,21). The fourth-order valence-electron chi connectivity index (χ4n) is 2.27. The van der Waals surface area contributed by atoms with E-state index in [1.165, 1.54) is 7.11 Å². The van der Waals surface area contributed by atoms with Gasteiger partial charge >= 0.3 is 5.97 Å². The molecule has 0 aliphatic carbocycles. The molecule has 0 atom stereocenters. The Balaban J connectivity index is 1.56. The maximum atomic E-state index is 12.2. The Kier molecular flexibility index (Phi) is 4.64. The SMILES string of the molecule is COC(=O)CCCn1ccc(NC(=O)c2ccc3c(c2)OCO3)n1. The minimum atomic E-state index is -0.284. The van der Waals surface area contributed by atoms with Gasteiger partial charge in [-0.25, -0.2) is 0 Å². The van der Waals surface area contributed by atoms with E-state index in [2.05, 4.69) is 15.2 Å². The van der Waals surface area contributed by atoms with Crippen LogP contribution in [-0.4, -0.2) is 35.6 Å². The predicted molar refractivity (Wildman–Crippen MR) is 84.0 cm³/mol. The molecule has 0 bridgehead atoms. The molecule has 1 aliphatic rings. The molecule has 1 aromatic carbocycles. The molecule has 0 spiro atoms. The van der Waals surface area contributed by atoms with Gasteiger partial charge in [0.2, 0.25) is 6.79 Å². The highest BCUT2D eigenvalue weighted by molar-refractivity contribution is 6.04. The highest BCUT2D eigenvalue weighted by atomic mass is 16.7. The molecule has 0 fully saturated rings. The van der Waals surface area contributed by atoms with Crippen molar-refractivity contribution in [2.24, 2.45) is 0 Å². The lowest BCUT2D eigenvalue weighted by Gasteiger charge is -2.04. The predicted octanol–water partition coefficient (Wildman–Crippen LogP) is 1.82. The van der Waals surface area contributed by atoms with Gasteiger partial charge in [0.1, 0.15) is 0 Å². The molecule has 1 N–H and O–H groups in total. The second kappa shape index (κ2) is 7.03. The number of carbonyl (C=O) groups excluding carboxylic acids is 2. The first-order valence-corrected chi connectivity index (χ1v) is 7.47. The quantitative estimate of drug-likeness (QED) is 0.812. The van der Waals surface area contributed by atoms with Crippen LogP contribution in [0.1, 0.15) is 23.2 Å². The van der Waals surface area contributed by atoms with E-state index < -0.39 is 0 Å². The van der Waals surface area contributed by atoms with Gasteiger partial charge < -0.3 is 19.5 Å². The number of aromatic nitrogens is 2. The molecule has 24 heavy (non-hydrogen) atoms. The third-order valence-corrected chi connectivity index (χ3v) is 3.51. The fourth-order valence-corrected chi connectivity index (χ4v) is 2.27. The molecule has 1 aromatic heterocycles. The number of esters is 1. The van der Waals surface area contributed by atoms with Crippen LogP contribution in [0.4, 0.5) is 5.82 Å². The van der Waals surface area contributed by atoms with Gasteiger partial charge in [-0.15, -0.1) is 0 Å². The highest BCUT2D eigenvalue weighted by Crippen LogP contribution is 2.32. The molecule has 0 saturated carbocycles. The Morgan fingerprint density at radius 3 is 2.96 bits per heavy atom. The highest BCUT2D eigenvalue weighted by Gasteiger charge is 2.16. The lowest BCUT2D eigenvalue weighted by molar-refractivity contribution is -0.140. The normalized spacial score (nSPS) is 12.0. The van der Waals surface area contributed by atoms with Crippen molar-refractivity contribution in [2.75, 3.05) is 19.2 Å². The van der Waals surface area contributed by atoms with E-state index in [0.29, 0.717) is 42.3 Å². The van der Waals surface area contributed by atoms with Crippen molar-refractivity contribution >= 4 is 17.7 Å². The molecule has 126 valence electrons. The number of ether oxygens (including phenoxy) is 3. The number of hydrogen-bond acceptors (Lipinski definition) is 6. The zero-order chi connectivity index (χ0) is 16.9. The number of benzene rings is 1. The zero-order valence-corrected chi connectivity index (χ0v) is 13.2. The number of rotatable bonds is 6. The number of carbonyl (C=O) groups is 2. The number of nitrogens with zero attached hydrogens (tertiary/aromatic N) is 2. The number of nitrogens with one attached hydrogen (secondary N) is 1. The Bertz CT molecular complexity index is 756. The molecule has 0 saturated heterocycles. The van der Waals surface area contributed by atoms with Crippen LogP contribution in [0.25, 0.3) is 0 Å². The smallest absolute Gasteiger partial charge is 0.305 e. The average Bonchev–Trinajstić information content (AvgIpc) is 3.23.